The Labute approximate surface area is 140 Å². The van der Waals surface area contributed by atoms with Gasteiger partial charge in [0.2, 0.25) is 5.91 Å². The Morgan fingerprint density at radius 1 is 1.29 bits per heavy atom. The molecule has 2 saturated heterocycles. The van der Waals surface area contributed by atoms with Gasteiger partial charge in [0.25, 0.3) is 0 Å². The fourth-order valence-electron chi connectivity index (χ4n) is 3.04. The van der Waals surface area contributed by atoms with E-state index in [0.717, 1.165) is 65.1 Å². The van der Waals surface area contributed by atoms with Crippen molar-refractivity contribution in [1.29, 1.82) is 0 Å². The molecule has 2 atom stereocenters. The van der Waals surface area contributed by atoms with Crippen molar-refractivity contribution >= 4 is 30.7 Å². The maximum absolute atomic E-state index is 12.3. The molecule has 0 radical (unpaired) electrons. The quantitative estimate of drug-likeness (QED) is 0.818. The Bertz CT molecular complexity index is 302. The van der Waals surface area contributed by atoms with Crippen molar-refractivity contribution in [2.24, 2.45) is 5.73 Å². The average Bonchev–Trinajstić information content (AvgIpc) is 2.87. The molecule has 2 aliphatic rings. The van der Waals surface area contributed by atoms with Gasteiger partial charge in [-0.05, 0) is 19.3 Å². The third-order valence-electron chi connectivity index (χ3n) is 4.15. The number of rotatable bonds is 5. The second-order valence-corrected chi connectivity index (χ2v) is 5.64. The predicted octanol–water partition coefficient (Wildman–Crippen LogP) is 1.28. The molecule has 0 aliphatic carbocycles. The van der Waals surface area contributed by atoms with E-state index in [1.54, 1.807) is 0 Å². The monoisotopic (exact) mass is 341 g/mol. The summed E-state index contributed by atoms with van der Waals surface area (Å²) in [5.41, 5.74) is 5.98. The molecule has 7 heteroatoms. The first-order chi connectivity index (χ1) is 9.22. The Hall–Kier alpha value is -0.0700. The minimum Gasteiger partial charge on any atom is -0.379 e. The Kier molecular flexibility index (Phi) is 10.6. The van der Waals surface area contributed by atoms with Crippen LogP contribution >= 0.6 is 24.8 Å². The molecule has 5 nitrogen and oxygen atoms in total. The summed E-state index contributed by atoms with van der Waals surface area (Å²) in [4.78, 5) is 16.8. The van der Waals surface area contributed by atoms with Gasteiger partial charge >= 0.3 is 0 Å². The molecule has 2 N–H and O–H groups in total. The van der Waals surface area contributed by atoms with E-state index < -0.39 is 0 Å². The van der Waals surface area contributed by atoms with Crippen LogP contribution in [0.4, 0.5) is 0 Å². The van der Waals surface area contributed by atoms with E-state index in [1.165, 1.54) is 0 Å². The highest BCUT2D eigenvalue weighted by Crippen LogP contribution is 2.20. The number of nitrogens with two attached hydrogens (primary N) is 1. The van der Waals surface area contributed by atoms with Gasteiger partial charge in [-0.2, -0.15) is 0 Å². The molecular formula is C14H29Cl2N3O2. The summed E-state index contributed by atoms with van der Waals surface area (Å²) in [7, 11) is 0. The van der Waals surface area contributed by atoms with Crippen LogP contribution in [-0.2, 0) is 9.53 Å². The standard InChI is InChI=1S/C14H27N3O2.2ClH/c1-2-4-13(15)14(18)17-6-3-5-12(17)11-16-7-9-19-10-8-16;;/h12-13H,2-11,15H2,1H3;2*1H. The van der Waals surface area contributed by atoms with Gasteiger partial charge < -0.3 is 15.4 Å². The number of nitrogens with zero attached hydrogens (tertiary/aromatic N) is 2. The molecule has 2 rings (SSSR count). The van der Waals surface area contributed by atoms with Gasteiger partial charge in [-0.25, -0.2) is 0 Å². The summed E-state index contributed by atoms with van der Waals surface area (Å²) < 4.78 is 5.37. The largest absolute Gasteiger partial charge is 0.379 e. The lowest BCUT2D eigenvalue weighted by Crippen LogP contribution is -2.50. The molecule has 0 aromatic carbocycles. The Balaban J connectivity index is 0.00000200. The lowest BCUT2D eigenvalue weighted by atomic mass is 10.1. The molecule has 21 heavy (non-hydrogen) atoms. The minimum atomic E-state index is -0.310. The first-order valence-electron chi connectivity index (χ1n) is 7.58. The van der Waals surface area contributed by atoms with Crippen molar-refractivity contribution in [1.82, 2.24) is 9.80 Å². The van der Waals surface area contributed by atoms with Gasteiger partial charge in [0, 0.05) is 32.2 Å². The van der Waals surface area contributed by atoms with Crippen LogP contribution in [0.2, 0.25) is 0 Å². The van der Waals surface area contributed by atoms with Crippen LogP contribution in [0.1, 0.15) is 32.6 Å². The highest BCUT2D eigenvalue weighted by Gasteiger charge is 2.32. The fourth-order valence-corrected chi connectivity index (χ4v) is 3.04. The molecule has 2 heterocycles. The normalized spacial score (nSPS) is 24.1. The summed E-state index contributed by atoms with van der Waals surface area (Å²) in [6.07, 6.45) is 3.98. The molecule has 0 aromatic heterocycles. The topological polar surface area (TPSA) is 58.8 Å². The average molecular weight is 342 g/mol. The minimum absolute atomic E-state index is 0. The molecular weight excluding hydrogens is 313 g/mol. The lowest BCUT2D eigenvalue weighted by Gasteiger charge is -2.33. The van der Waals surface area contributed by atoms with Crippen LogP contribution in [-0.4, -0.2) is 67.2 Å². The number of carbonyl (C=O) groups excluding carboxylic acids is 1. The first-order valence-corrected chi connectivity index (χ1v) is 7.58. The van der Waals surface area contributed by atoms with E-state index in [9.17, 15) is 4.79 Å². The zero-order valence-corrected chi connectivity index (χ0v) is 14.5. The van der Waals surface area contributed by atoms with Crippen LogP contribution in [0.3, 0.4) is 0 Å². The van der Waals surface area contributed by atoms with Gasteiger partial charge in [0.1, 0.15) is 0 Å². The molecule has 0 saturated carbocycles. The van der Waals surface area contributed by atoms with Crippen molar-refractivity contribution in [3.63, 3.8) is 0 Å². The third-order valence-corrected chi connectivity index (χ3v) is 4.15. The highest BCUT2D eigenvalue weighted by atomic mass is 35.5. The van der Waals surface area contributed by atoms with Crippen LogP contribution < -0.4 is 5.73 Å². The second-order valence-electron chi connectivity index (χ2n) is 5.64. The molecule has 2 unspecified atom stereocenters. The van der Waals surface area contributed by atoms with Crippen LogP contribution in [0.5, 0.6) is 0 Å². The van der Waals surface area contributed by atoms with Gasteiger partial charge in [0.15, 0.2) is 0 Å². The fraction of sp³-hybridized carbons (Fsp3) is 0.929. The third kappa shape index (κ3) is 5.91. The van der Waals surface area contributed by atoms with Crippen molar-refractivity contribution in [2.75, 3.05) is 39.4 Å². The molecule has 0 aromatic rings. The number of carbonyl (C=O) groups is 1. The lowest BCUT2D eigenvalue weighted by molar-refractivity contribution is -0.134. The van der Waals surface area contributed by atoms with Crippen molar-refractivity contribution in [3.8, 4) is 0 Å². The van der Waals surface area contributed by atoms with E-state index >= 15 is 0 Å². The van der Waals surface area contributed by atoms with Gasteiger partial charge in [-0.3, -0.25) is 9.69 Å². The van der Waals surface area contributed by atoms with Gasteiger partial charge in [-0.15, -0.1) is 24.8 Å². The van der Waals surface area contributed by atoms with E-state index in [2.05, 4.69) is 11.8 Å². The van der Waals surface area contributed by atoms with Crippen LogP contribution in [0.25, 0.3) is 0 Å². The second kappa shape index (κ2) is 10.6. The van der Waals surface area contributed by atoms with Gasteiger partial charge in [-0.1, -0.05) is 13.3 Å². The molecule has 0 bridgehead atoms. The van der Waals surface area contributed by atoms with E-state index in [4.69, 9.17) is 10.5 Å². The maximum Gasteiger partial charge on any atom is 0.239 e. The first kappa shape index (κ1) is 20.9. The molecule has 2 fully saturated rings. The van der Waals surface area contributed by atoms with Crippen molar-refractivity contribution in [2.45, 2.75) is 44.7 Å². The van der Waals surface area contributed by atoms with Crippen molar-refractivity contribution in [3.05, 3.63) is 0 Å². The number of likely N-dealkylation sites (tertiary alicyclic amines) is 1. The van der Waals surface area contributed by atoms with Crippen LogP contribution in [0.15, 0.2) is 0 Å². The summed E-state index contributed by atoms with van der Waals surface area (Å²) >= 11 is 0. The Morgan fingerprint density at radius 2 is 1.95 bits per heavy atom. The molecule has 126 valence electrons. The van der Waals surface area contributed by atoms with E-state index in [0.29, 0.717) is 6.04 Å². The van der Waals surface area contributed by atoms with E-state index in [1.807, 2.05) is 4.90 Å². The number of hydrogen-bond donors (Lipinski definition) is 1. The predicted molar refractivity (Wildman–Crippen MR) is 89.4 cm³/mol. The van der Waals surface area contributed by atoms with E-state index in [-0.39, 0.29) is 36.8 Å². The SMILES string of the molecule is CCCC(N)C(=O)N1CCCC1CN1CCOCC1.Cl.Cl. The number of ether oxygens (including phenoxy) is 1. The summed E-state index contributed by atoms with van der Waals surface area (Å²) in [6.45, 7) is 7.53. The summed E-state index contributed by atoms with van der Waals surface area (Å²) in [5, 5.41) is 0. The maximum atomic E-state index is 12.3. The van der Waals surface area contributed by atoms with Crippen LogP contribution in [0, 0.1) is 0 Å². The number of hydrogen-bond acceptors (Lipinski definition) is 4. The molecule has 0 spiro atoms. The number of halogens is 2. The zero-order valence-electron chi connectivity index (χ0n) is 12.8. The number of morpholine rings is 1. The molecule has 1 amide bonds. The summed E-state index contributed by atoms with van der Waals surface area (Å²) in [5.74, 6) is 0.151. The smallest absolute Gasteiger partial charge is 0.239 e. The van der Waals surface area contributed by atoms with Gasteiger partial charge in [0.05, 0.1) is 19.3 Å². The Morgan fingerprint density at radius 3 is 2.57 bits per heavy atom. The highest BCUT2D eigenvalue weighted by molar-refractivity contribution is 5.85. The number of amides is 1. The summed E-state index contributed by atoms with van der Waals surface area (Å²) in [6, 6.07) is 0.0452. The van der Waals surface area contributed by atoms with Crippen molar-refractivity contribution < 1.29 is 9.53 Å². The zero-order chi connectivity index (χ0) is 13.7. The molecule has 2 aliphatic heterocycles.